The Hall–Kier alpha value is -0.910. The van der Waals surface area contributed by atoms with Gasteiger partial charge in [-0.2, -0.15) is 11.3 Å². The molecule has 0 bridgehead atoms. The van der Waals surface area contributed by atoms with Crippen molar-refractivity contribution in [1.29, 1.82) is 0 Å². The van der Waals surface area contributed by atoms with Crippen molar-refractivity contribution in [2.24, 2.45) is 5.92 Å². The predicted molar refractivity (Wildman–Crippen MR) is 77.0 cm³/mol. The molecular weight excluding hydrogens is 260 g/mol. The van der Waals surface area contributed by atoms with Crippen LogP contribution < -0.4 is 0 Å². The van der Waals surface area contributed by atoms with Gasteiger partial charge in [-0.15, -0.1) is 0 Å². The van der Waals surface area contributed by atoms with Crippen molar-refractivity contribution in [2.75, 3.05) is 33.3 Å². The van der Waals surface area contributed by atoms with Gasteiger partial charge >= 0.3 is 0 Å². The first-order valence-corrected chi connectivity index (χ1v) is 7.71. The van der Waals surface area contributed by atoms with Crippen molar-refractivity contribution in [3.63, 3.8) is 0 Å². The van der Waals surface area contributed by atoms with E-state index in [4.69, 9.17) is 0 Å². The summed E-state index contributed by atoms with van der Waals surface area (Å²) in [5.74, 6) is 0.494. The summed E-state index contributed by atoms with van der Waals surface area (Å²) in [5.41, 5.74) is 1.19. The molecule has 1 aromatic rings. The lowest BCUT2D eigenvalue weighted by molar-refractivity contribution is -0.132. The molecule has 0 spiro atoms. The second-order valence-corrected chi connectivity index (χ2v) is 6.09. The Bertz CT molecular complexity index is 394. The number of rotatable bonds is 5. The van der Waals surface area contributed by atoms with Gasteiger partial charge in [-0.1, -0.05) is 0 Å². The zero-order valence-corrected chi connectivity index (χ0v) is 12.2. The van der Waals surface area contributed by atoms with Crippen molar-refractivity contribution in [3.8, 4) is 0 Å². The smallest absolute Gasteiger partial charge is 0.236 e. The highest BCUT2D eigenvalue weighted by Crippen LogP contribution is 2.16. The maximum atomic E-state index is 12.2. The van der Waals surface area contributed by atoms with Crippen LogP contribution in [0.25, 0.3) is 0 Å². The number of hydrogen-bond donors (Lipinski definition) is 1. The highest BCUT2D eigenvalue weighted by molar-refractivity contribution is 7.07. The van der Waals surface area contributed by atoms with Gasteiger partial charge in [0.1, 0.15) is 0 Å². The highest BCUT2D eigenvalue weighted by Gasteiger charge is 2.22. The predicted octanol–water partition coefficient (Wildman–Crippen LogP) is 1.41. The standard InChI is InChI=1S/C14H22N2O2S/c1-15(7-13-4-6-19-11-13)14(18)9-16-5-2-3-12(8-16)10-17/h4,6,11-12,17H,2-3,5,7-10H2,1H3. The lowest BCUT2D eigenvalue weighted by atomic mass is 9.99. The normalized spacial score (nSPS) is 20.4. The Labute approximate surface area is 118 Å². The number of carbonyl (C=O) groups excluding carboxylic acids is 1. The molecule has 5 heteroatoms. The van der Waals surface area contributed by atoms with E-state index in [1.54, 1.807) is 16.2 Å². The van der Waals surface area contributed by atoms with Crippen molar-refractivity contribution in [3.05, 3.63) is 22.4 Å². The quantitative estimate of drug-likeness (QED) is 0.888. The second-order valence-electron chi connectivity index (χ2n) is 5.31. The van der Waals surface area contributed by atoms with Crippen LogP contribution in [0.4, 0.5) is 0 Å². The van der Waals surface area contributed by atoms with Crippen molar-refractivity contribution in [2.45, 2.75) is 19.4 Å². The summed E-state index contributed by atoms with van der Waals surface area (Å²) < 4.78 is 0. The zero-order valence-electron chi connectivity index (χ0n) is 11.4. The zero-order chi connectivity index (χ0) is 13.7. The topological polar surface area (TPSA) is 43.8 Å². The lowest BCUT2D eigenvalue weighted by Crippen LogP contribution is -2.43. The van der Waals surface area contributed by atoms with Crippen LogP contribution in [0.2, 0.25) is 0 Å². The first-order valence-electron chi connectivity index (χ1n) is 6.77. The minimum Gasteiger partial charge on any atom is -0.396 e. The molecule has 1 aliphatic rings. The Morgan fingerprint density at radius 1 is 1.63 bits per heavy atom. The highest BCUT2D eigenvalue weighted by atomic mass is 32.1. The Kier molecular flexibility index (Phi) is 5.36. The number of likely N-dealkylation sites (tertiary alicyclic amines) is 1. The molecule has 0 aliphatic carbocycles. The molecule has 2 rings (SSSR count). The van der Waals surface area contributed by atoms with Crippen molar-refractivity contribution in [1.82, 2.24) is 9.80 Å². The molecule has 0 saturated carbocycles. The van der Waals surface area contributed by atoms with Gasteiger partial charge in [0.05, 0.1) is 6.54 Å². The Morgan fingerprint density at radius 3 is 3.16 bits per heavy atom. The number of nitrogens with zero attached hydrogens (tertiary/aromatic N) is 2. The van der Waals surface area contributed by atoms with E-state index in [-0.39, 0.29) is 12.5 Å². The third-order valence-electron chi connectivity index (χ3n) is 3.65. The maximum Gasteiger partial charge on any atom is 0.236 e. The minimum absolute atomic E-state index is 0.157. The fourth-order valence-corrected chi connectivity index (χ4v) is 3.16. The van der Waals surface area contributed by atoms with Crippen molar-refractivity contribution >= 4 is 17.2 Å². The average Bonchev–Trinajstić information content (AvgIpc) is 2.91. The van der Waals surface area contributed by atoms with Crippen LogP contribution in [0.3, 0.4) is 0 Å². The van der Waals surface area contributed by atoms with Crippen LogP contribution in [0.5, 0.6) is 0 Å². The lowest BCUT2D eigenvalue weighted by Gasteiger charge is -2.32. The van der Waals surface area contributed by atoms with E-state index in [0.717, 1.165) is 25.9 Å². The van der Waals surface area contributed by atoms with Crippen molar-refractivity contribution < 1.29 is 9.90 Å². The van der Waals surface area contributed by atoms with Gasteiger partial charge < -0.3 is 10.0 Å². The Balaban J connectivity index is 1.79. The molecule has 1 saturated heterocycles. The van der Waals surface area contributed by atoms with Gasteiger partial charge in [-0.25, -0.2) is 0 Å². The summed E-state index contributed by atoms with van der Waals surface area (Å²) in [6, 6.07) is 2.05. The van der Waals surface area contributed by atoms with Crippen LogP contribution in [-0.2, 0) is 11.3 Å². The Morgan fingerprint density at radius 2 is 2.47 bits per heavy atom. The monoisotopic (exact) mass is 282 g/mol. The molecule has 2 heterocycles. The molecule has 4 nitrogen and oxygen atoms in total. The molecule has 1 amide bonds. The first kappa shape index (κ1) is 14.5. The molecule has 1 fully saturated rings. The van der Waals surface area contributed by atoms with Gasteiger partial charge in [0.2, 0.25) is 5.91 Å². The molecule has 1 N–H and O–H groups in total. The van der Waals surface area contributed by atoms with E-state index >= 15 is 0 Å². The summed E-state index contributed by atoms with van der Waals surface area (Å²) in [6.45, 7) is 3.19. The number of aliphatic hydroxyl groups excluding tert-OH is 1. The number of thiophene rings is 1. The van der Waals surface area contributed by atoms with Crippen LogP contribution in [0.1, 0.15) is 18.4 Å². The largest absolute Gasteiger partial charge is 0.396 e. The van der Waals surface area contributed by atoms with Gasteiger partial charge in [-0.05, 0) is 47.7 Å². The molecule has 106 valence electrons. The number of piperidine rings is 1. The summed E-state index contributed by atoms with van der Waals surface area (Å²) in [5, 5.41) is 13.3. The third kappa shape index (κ3) is 4.30. The molecule has 1 aliphatic heterocycles. The van der Waals surface area contributed by atoms with Gasteiger partial charge in [-0.3, -0.25) is 9.69 Å². The minimum atomic E-state index is 0.157. The number of carbonyl (C=O) groups is 1. The molecule has 1 unspecified atom stereocenters. The fraction of sp³-hybridized carbons (Fsp3) is 0.643. The maximum absolute atomic E-state index is 12.2. The number of likely N-dealkylation sites (N-methyl/N-ethyl adjacent to an activating group) is 1. The van der Waals surface area contributed by atoms with E-state index in [2.05, 4.69) is 16.3 Å². The molecule has 19 heavy (non-hydrogen) atoms. The van der Waals surface area contributed by atoms with Crippen LogP contribution >= 0.6 is 11.3 Å². The summed E-state index contributed by atoms with van der Waals surface area (Å²) in [4.78, 5) is 16.1. The molecule has 1 atom stereocenters. The summed E-state index contributed by atoms with van der Waals surface area (Å²) >= 11 is 1.66. The molecule has 0 aromatic carbocycles. The van der Waals surface area contributed by atoms with Gasteiger partial charge in [0, 0.05) is 26.7 Å². The summed E-state index contributed by atoms with van der Waals surface area (Å²) in [7, 11) is 1.85. The van der Waals surface area contributed by atoms with E-state index in [9.17, 15) is 9.90 Å². The molecular formula is C14H22N2O2S. The van der Waals surface area contributed by atoms with Gasteiger partial charge in [0.15, 0.2) is 0 Å². The SMILES string of the molecule is CN(Cc1ccsc1)C(=O)CN1CCCC(CO)C1. The average molecular weight is 282 g/mol. The van der Waals surface area contributed by atoms with Crippen LogP contribution in [-0.4, -0.2) is 54.1 Å². The summed E-state index contributed by atoms with van der Waals surface area (Å²) in [6.07, 6.45) is 2.15. The van der Waals surface area contributed by atoms with Crippen LogP contribution in [0, 0.1) is 5.92 Å². The molecule has 0 radical (unpaired) electrons. The van der Waals surface area contributed by atoms with E-state index < -0.39 is 0 Å². The van der Waals surface area contributed by atoms with Gasteiger partial charge in [0.25, 0.3) is 0 Å². The fourth-order valence-electron chi connectivity index (χ4n) is 2.50. The third-order valence-corrected chi connectivity index (χ3v) is 4.38. The first-order chi connectivity index (χ1) is 9.19. The van der Waals surface area contributed by atoms with E-state index in [1.807, 2.05) is 12.4 Å². The number of aliphatic hydroxyl groups is 1. The number of hydrogen-bond acceptors (Lipinski definition) is 4. The second kappa shape index (κ2) is 7.03. The molecule has 1 aromatic heterocycles. The van der Waals surface area contributed by atoms with E-state index in [0.29, 0.717) is 19.0 Å². The van der Waals surface area contributed by atoms with E-state index in [1.165, 1.54) is 5.56 Å². The number of amides is 1. The van der Waals surface area contributed by atoms with Crippen LogP contribution in [0.15, 0.2) is 16.8 Å².